The van der Waals surface area contributed by atoms with Crippen molar-refractivity contribution in [3.63, 3.8) is 0 Å². The molecule has 0 unspecified atom stereocenters. The van der Waals surface area contributed by atoms with Crippen LogP contribution in [0.1, 0.15) is 41.0 Å². The largest absolute Gasteiger partial charge is 0.417 e. The van der Waals surface area contributed by atoms with E-state index in [1.54, 1.807) is 0 Å². The smallest absolute Gasteiger partial charge is 0.337 e. The summed E-state index contributed by atoms with van der Waals surface area (Å²) in [6.45, 7) is 6.39. The molecule has 28 heavy (non-hydrogen) atoms. The molecule has 1 heterocycles. The standard InChI is InChI=1S/C21H20ClF3N2O/c1-4-13-6-9-18-15(10-13)12(3)19(27(18)5-2)20(28)26-14-7-8-17(22)16(11-14)21(23,24)25/h6-11H,4-5H2,1-3H3,(H,26,28). The van der Waals surface area contributed by atoms with Gasteiger partial charge in [-0.3, -0.25) is 4.79 Å². The highest BCUT2D eigenvalue weighted by Crippen LogP contribution is 2.36. The average molecular weight is 409 g/mol. The van der Waals surface area contributed by atoms with Crippen LogP contribution < -0.4 is 5.32 Å². The third-order valence-corrected chi connectivity index (χ3v) is 5.18. The van der Waals surface area contributed by atoms with Gasteiger partial charge in [0, 0.05) is 23.1 Å². The molecule has 0 bridgehead atoms. The first-order valence-corrected chi connectivity index (χ1v) is 9.35. The van der Waals surface area contributed by atoms with Crippen LogP contribution >= 0.6 is 11.6 Å². The minimum atomic E-state index is -4.59. The fraction of sp³-hybridized carbons (Fsp3) is 0.286. The SMILES string of the molecule is CCc1ccc2c(c1)c(C)c(C(=O)Nc1ccc(Cl)c(C(F)(F)F)c1)n2CC. The Balaban J connectivity index is 2.04. The molecule has 1 amide bonds. The minimum Gasteiger partial charge on any atom is -0.337 e. The predicted molar refractivity (Wildman–Crippen MR) is 106 cm³/mol. The molecule has 1 N–H and O–H groups in total. The Morgan fingerprint density at radius 1 is 1.14 bits per heavy atom. The van der Waals surface area contributed by atoms with Gasteiger partial charge in [0.2, 0.25) is 0 Å². The van der Waals surface area contributed by atoms with Gasteiger partial charge in [0.15, 0.2) is 0 Å². The summed E-state index contributed by atoms with van der Waals surface area (Å²) >= 11 is 5.65. The van der Waals surface area contributed by atoms with E-state index < -0.39 is 22.7 Å². The van der Waals surface area contributed by atoms with E-state index >= 15 is 0 Å². The van der Waals surface area contributed by atoms with E-state index in [2.05, 4.69) is 18.3 Å². The number of halogens is 4. The van der Waals surface area contributed by atoms with Gasteiger partial charge in [-0.1, -0.05) is 24.6 Å². The molecule has 2 aromatic carbocycles. The molecular formula is C21H20ClF3N2O. The maximum atomic E-state index is 13.1. The molecule has 0 aliphatic rings. The van der Waals surface area contributed by atoms with Crippen LogP contribution in [0.15, 0.2) is 36.4 Å². The summed E-state index contributed by atoms with van der Waals surface area (Å²) in [4.78, 5) is 12.9. The first-order chi connectivity index (χ1) is 13.2. The van der Waals surface area contributed by atoms with Gasteiger partial charge in [-0.2, -0.15) is 13.2 Å². The molecule has 0 aliphatic heterocycles. The average Bonchev–Trinajstić information content (AvgIpc) is 2.93. The number of amides is 1. The van der Waals surface area contributed by atoms with E-state index in [0.29, 0.717) is 12.2 Å². The molecule has 0 saturated carbocycles. The predicted octanol–water partition coefficient (Wildman–Crippen LogP) is 6.46. The number of carbonyl (C=O) groups is 1. The van der Waals surface area contributed by atoms with Crippen molar-refractivity contribution in [3.05, 3.63) is 63.8 Å². The van der Waals surface area contributed by atoms with Gasteiger partial charge in [-0.25, -0.2) is 0 Å². The summed E-state index contributed by atoms with van der Waals surface area (Å²) in [5.41, 5.74) is 2.39. The first kappa shape index (κ1) is 20.3. The zero-order valence-corrected chi connectivity index (χ0v) is 16.5. The number of hydrogen-bond acceptors (Lipinski definition) is 1. The molecule has 3 nitrogen and oxygen atoms in total. The first-order valence-electron chi connectivity index (χ1n) is 8.97. The zero-order valence-electron chi connectivity index (χ0n) is 15.7. The van der Waals surface area contributed by atoms with E-state index in [9.17, 15) is 18.0 Å². The van der Waals surface area contributed by atoms with Crippen molar-refractivity contribution < 1.29 is 18.0 Å². The number of carbonyl (C=O) groups excluding carboxylic acids is 1. The second-order valence-electron chi connectivity index (χ2n) is 6.57. The lowest BCUT2D eigenvalue weighted by atomic mass is 10.1. The van der Waals surface area contributed by atoms with Crippen LogP contribution in [-0.4, -0.2) is 10.5 Å². The Morgan fingerprint density at radius 2 is 1.86 bits per heavy atom. The topological polar surface area (TPSA) is 34.0 Å². The van der Waals surface area contributed by atoms with E-state index in [1.165, 1.54) is 6.07 Å². The van der Waals surface area contributed by atoms with Crippen LogP contribution in [0.3, 0.4) is 0 Å². The van der Waals surface area contributed by atoms with E-state index in [4.69, 9.17) is 11.6 Å². The number of alkyl halides is 3. The molecule has 0 saturated heterocycles. The molecule has 0 radical (unpaired) electrons. The van der Waals surface area contributed by atoms with Crippen molar-refractivity contribution >= 4 is 34.1 Å². The zero-order chi connectivity index (χ0) is 20.6. The van der Waals surface area contributed by atoms with Crippen LogP contribution in [0.2, 0.25) is 5.02 Å². The molecule has 0 spiro atoms. The second kappa shape index (κ2) is 7.51. The number of aryl methyl sites for hydroxylation is 3. The Hall–Kier alpha value is -2.47. The van der Waals surface area contributed by atoms with Gasteiger partial charge >= 0.3 is 6.18 Å². The Bertz CT molecular complexity index is 1050. The molecule has 0 atom stereocenters. The Labute approximate surface area is 166 Å². The molecular weight excluding hydrogens is 389 g/mol. The minimum absolute atomic E-state index is 0.0447. The lowest BCUT2D eigenvalue weighted by molar-refractivity contribution is -0.137. The van der Waals surface area contributed by atoms with Gasteiger partial charge in [0.1, 0.15) is 5.69 Å². The number of nitrogens with zero attached hydrogens (tertiary/aromatic N) is 1. The number of rotatable bonds is 4. The van der Waals surface area contributed by atoms with Crippen molar-refractivity contribution in [2.75, 3.05) is 5.32 Å². The van der Waals surface area contributed by atoms with Crippen LogP contribution in [-0.2, 0) is 19.1 Å². The van der Waals surface area contributed by atoms with Crippen LogP contribution in [0.5, 0.6) is 0 Å². The summed E-state index contributed by atoms with van der Waals surface area (Å²) < 4.78 is 41.1. The third-order valence-electron chi connectivity index (χ3n) is 4.85. The number of fused-ring (bicyclic) bond motifs is 1. The lowest BCUT2D eigenvalue weighted by Gasteiger charge is -2.13. The summed E-state index contributed by atoms with van der Waals surface area (Å²) in [6.07, 6.45) is -3.72. The van der Waals surface area contributed by atoms with Gasteiger partial charge in [0.05, 0.1) is 10.6 Å². The normalized spacial score (nSPS) is 11.8. The number of nitrogens with one attached hydrogen (secondary N) is 1. The van der Waals surface area contributed by atoms with Crippen LogP contribution in [0.4, 0.5) is 18.9 Å². The second-order valence-corrected chi connectivity index (χ2v) is 6.98. The van der Waals surface area contributed by atoms with Crippen molar-refractivity contribution in [2.45, 2.75) is 39.9 Å². The molecule has 7 heteroatoms. The van der Waals surface area contributed by atoms with E-state index in [0.717, 1.165) is 40.6 Å². The fourth-order valence-corrected chi connectivity index (χ4v) is 3.65. The lowest BCUT2D eigenvalue weighted by Crippen LogP contribution is -2.18. The summed E-state index contributed by atoms with van der Waals surface area (Å²) in [7, 11) is 0. The molecule has 3 aromatic rings. The van der Waals surface area contributed by atoms with Crippen LogP contribution in [0.25, 0.3) is 10.9 Å². The maximum Gasteiger partial charge on any atom is 0.417 e. The number of aromatic nitrogens is 1. The van der Waals surface area contributed by atoms with Gasteiger partial charge < -0.3 is 9.88 Å². The summed E-state index contributed by atoms with van der Waals surface area (Å²) in [5, 5.41) is 3.15. The molecule has 3 rings (SSSR count). The van der Waals surface area contributed by atoms with E-state index in [1.807, 2.05) is 30.5 Å². The highest BCUT2D eigenvalue weighted by Gasteiger charge is 2.33. The Kier molecular flexibility index (Phi) is 5.44. The maximum absolute atomic E-state index is 13.1. The van der Waals surface area contributed by atoms with Gasteiger partial charge in [-0.15, -0.1) is 0 Å². The highest BCUT2D eigenvalue weighted by atomic mass is 35.5. The van der Waals surface area contributed by atoms with Crippen molar-refractivity contribution in [1.29, 1.82) is 0 Å². The van der Waals surface area contributed by atoms with Crippen LogP contribution in [0, 0.1) is 6.92 Å². The van der Waals surface area contributed by atoms with Crippen molar-refractivity contribution in [1.82, 2.24) is 4.57 Å². The number of hydrogen-bond donors (Lipinski definition) is 1. The Morgan fingerprint density at radius 3 is 2.46 bits per heavy atom. The van der Waals surface area contributed by atoms with Crippen molar-refractivity contribution in [2.24, 2.45) is 0 Å². The number of anilines is 1. The monoisotopic (exact) mass is 408 g/mol. The summed E-state index contributed by atoms with van der Waals surface area (Å²) in [6, 6.07) is 9.39. The fourth-order valence-electron chi connectivity index (χ4n) is 3.42. The molecule has 1 aromatic heterocycles. The highest BCUT2D eigenvalue weighted by molar-refractivity contribution is 6.31. The molecule has 0 aliphatic carbocycles. The molecule has 148 valence electrons. The number of benzene rings is 2. The van der Waals surface area contributed by atoms with E-state index in [-0.39, 0.29) is 5.69 Å². The van der Waals surface area contributed by atoms with Gasteiger partial charge in [0.25, 0.3) is 5.91 Å². The third kappa shape index (κ3) is 3.61. The molecule has 0 fully saturated rings. The summed E-state index contributed by atoms with van der Waals surface area (Å²) in [5.74, 6) is -0.455. The van der Waals surface area contributed by atoms with Crippen molar-refractivity contribution in [3.8, 4) is 0 Å². The quantitative estimate of drug-likeness (QED) is 0.528. The van der Waals surface area contributed by atoms with Gasteiger partial charge in [-0.05, 0) is 61.7 Å².